The highest BCUT2D eigenvalue weighted by Crippen LogP contribution is 2.31. The Hall–Kier alpha value is -3.10. The van der Waals surface area contributed by atoms with Gasteiger partial charge in [0.1, 0.15) is 5.03 Å². The molecule has 0 radical (unpaired) electrons. The first-order valence-corrected chi connectivity index (χ1v) is 10.5. The Balaban J connectivity index is 1.50. The van der Waals surface area contributed by atoms with E-state index in [0.29, 0.717) is 5.75 Å². The molecule has 6 nitrogen and oxygen atoms in total. The van der Waals surface area contributed by atoms with Gasteiger partial charge in [-0.05, 0) is 40.1 Å². The van der Waals surface area contributed by atoms with Crippen molar-refractivity contribution in [1.82, 2.24) is 30.2 Å². The molecule has 5 aromatic rings. The first-order valence-electron chi connectivity index (χ1n) is 8.64. The van der Waals surface area contributed by atoms with E-state index in [4.69, 9.17) is 9.97 Å². The average Bonchev–Trinajstić information content (AvgIpc) is 3.44. The molecule has 0 saturated heterocycles. The lowest BCUT2D eigenvalue weighted by atomic mass is 10.2. The molecule has 0 aliphatic carbocycles. The first-order chi connectivity index (χ1) is 13.9. The number of hydrogen-bond acceptors (Lipinski definition) is 7. The van der Waals surface area contributed by atoms with Crippen LogP contribution in [0.5, 0.6) is 0 Å². The predicted octanol–water partition coefficient (Wildman–Crippen LogP) is 4.63. The minimum absolute atomic E-state index is 0.604. The zero-order valence-corrected chi connectivity index (χ0v) is 16.3. The fourth-order valence-corrected chi connectivity index (χ4v) is 4.45. The summed E-state index contributed by atoms with van der Waals surface area (Å²) in [4.78, 5) is 10.6. The number of nitrogens with zero attached hydrogens (tertiary/aromatic N) is 6. The van der Waals surface area contributed by atoms with Crippen molar-refractivity contribution < 1.29 is 0 Å². The Morgan fingerprint density at radius 3 is 2.61 bits per heavy atom. The number of thiophene rings is 1. The van der Waals surface area contributed by atoms with Crippen molar-refractivity contribution in [1.29, 1.82) is 0 Å². The molecule has 136 valence electrons. The third-order valence-corrected chi connectivity index (χ3v) is 6.04. The van der Waals surface area contributed by atoms with Gasteiger partial charge in [-0.3, -0.25) is 0 Å². The molecule has 0 aliphatic heterocycles. The fraction of sp³-hybridized carbons (Fsp3) is 0.0500. The van der Waals surface area contributed by atoms with E-state index in [1.165, 1.54) is 0 Å². The van der Waals surface area contributed by atoms with Crippen LogP contribution in [-0.2, 0) is 5.75 Å². The average molecular weight is 403 g/mol. The van der Waals surface area contributed by atoms with Crippen molar-refractivity contribution in [2.45, 2.75) is 10.8 Å². The van der Waals surface area contributed by atoms with Crippen molar-refractivity contribution in [2.75, 3.05) is 0 Å². The minimum atomic E-state index is 0.604. The fourth-order valence-electron chi connectivity index (χ4n) is 2.87. The molecule has 8 heteroatoms. The number of thioether (sulfide) groups is 1. The van der Waals surface area contributed by atoms with Crippen LogP contribution in [0.1, 0.15) is 5.82 Å². The molecule has 0 atom stereocenters. The van der Waals surface area contributed by atoms with E-state index in [0.717, 1.165) is 38.1 Å². The van der Waals surface area contributed by atoms with E-state index in [1.807, 2.05) is 66.0 Å². The van der Waals surface area contributed by atoms with Gasteiger partial charge in [-0.25, -0.2) is 9.97 Å². The van der Waals surface area contributed by atoms with Gasteiger partial charge >= 0.3 is 0 Å². The van der Waals surface area contributed by atoms with E-state index >= 15 is 0 Å². The van der Waals surface area contributed by atoms with Gasteiger partial charge in [0, 0.05) is 5.39 Å². The van der Waals surface area contributed by atoms with Gasteiger partial charge in [0.25, 0.3) is 0 Å². The Labute approximate surface area is 169 Å². The van der Waals surface area contributed by atoms with Crippen LogP contribution in [0.4, 0.5) is 0 Å². The third kappa shape index (κ3) is 3.28. The number of aromatic nitrogens is 6. The summed E-state index contributed by atoms with van der Waals surface area (Å²) in [6.07, 6.45) is 0. The van der Waals surface area contributed by atoms with Gasteiger partial charge in [0.2, 0.25) is 0 Å². The number of fused-ring (bicyclic) bond motifs is 1. The smallest absolute Gasteiger partial charge is 0.171 e. The molecule has 0 aliphatic rings. The molecular formula is C20H14N6S2. The van der Waals surface area contributed by atoms with Crippen LogP contribution >= 0.6 is 23.1 Å². The number of tetrazole rings is 1. The van der Waals surface area contributed by atoms with Gasteiger partial charge < -0.3 is 0 Å². The lowest BCUT2D eigenvalue weighted by Gasteiger charge is -2.08. The number of benzene rings is 2. The van der Waals surface area contributed by atoms with E-state index in [-0.39, 0.29) is 0 Å². The summed E-state index contributed by atoms with van der Waals surface area (Å²) in [5.41, 5.74) is 1.88. The molecule has 0 amide bonds. The van der Waals surface area contributed by atoms with Gasteiger partial charge in [-0.15, -0.1) is 16.4 Å². The Bertz CT molecular complexity index is 1220. The quantitative estimate of drug-likeness (QED) is 0.315. The van der Waals surface area contributed by atoms with Crippen LogP contribution in [-0.4, -0.2) is 30.2 Å². The number of hydrogen-bond donors (Lipinski definition) is 0. The Morgan fingerprint density at radius 1 is 0.893 bits per heavy atom. The molecule has 3 aromatic heterocycles. The highest BCUT2D eigenvalue weighted by molar-refractivity contribution is 7.98. The molecule has 28 heavy (non-hydrogen) atoms. The second-order valence-corrected chi connectivity index (χ2v) is 7.89. The van der Waals surface area contributed by atoms with E-state index < -0.39 is 0 Å². The van der Waals surface area contributed by atoms with Crippen LogP contribution in [0.25, 0.3) is 27.3 Å². The van der Waals surface area contributed by atoms with Crippen molar-refractivity contribution in [2.24, 2.45) is 0 Å². The third-order valence-electron chi connectivity index (χ3n) is 4.18. The summed E-state index contributed by atoms with van der Waals surface area (Å²) < 4.78 is 1.76. The summed E-state index contributed by atoms with van der Waals surface area (Å²) in [7, 11) is 0. The SMILES string of the molecule is c1ccc(-n2nnnc2CSc2nc(-c3cccs3)nc3ccccc23)cc1. The molecule has 0 fully saturated rings. The summed E-state index contributed by atoms with van der Waals surface area (Å²) >= 11 is 3.26. The Morgan fingerprint density at radius 2 is 1.75 bits per heavy atom. The van der Waals surface area contributed by atoms with Gasteiger partial charge in [0.15, 0.2) is 11.6 Å². The van der Waals surface area contributed by atoms with Gasteiger partial charge in [-0.1, -0.05) is 54.2 Å². The van der Waals surface area contributed by atoms with E-state index in [2.05, 4.69) is 21.6 Å². The van der Waals surface area contributed by atoms with E-state index in [1.54, 1.807) is 27.8 Å². The predicted molar refractivity (Wildman–Crippen MR) is 112 cm³/mol. The van der Waals surface area contributed by atoms with Gasteiger partial charge in [0.05, 0.1) is 21.8 Å². The molecule has 0 unspecified atom stereocenters. The highest BCUT2D eigenvalue weighted by Gasteiger charge is 2.13. The molecule has 0 spiro atoms. The summed E-state index contributed by atoms with van der Waals surface area (Å²) in [6.45, 7) is 0. The molecule has 0 N–H and O–H groups in total. The van der Waals surface area contributed by atoms with Crippen LogP contribution in [0, 0.1) is 0 Å². The summed E-state index contributed by atoms with van der Waals surface area (Å²) in [6, 6.07) is 22.0. The maximum absolute atomic E-state index is 4.83. The number of rotatable bonds is 5. The van der Waals surface area contributed by atoms with Crippen LogP contribution in [0.15, 0.2) is 77.1 Å². The maximum Gasteiger partial charge on any atom is 0.171 e. The van der Waals surface area contributed by atoms with Crippen molar-refractivity contribution in [3.05, 3.63) is 77.9 Å². The largest absolute Gasteiger partial charge is 0.227 e. The highest BCUT2D eigenvalue weighted by atomic mass is 32.2. The maximum atomic E-state index is 4.83. The molecule has 0 saturated carbocycles. The summed E-state index contributed by atoms with van der Waals surface area (Å²) in [5, 5.41) is 16.2. The standard InChI is InChI=1S/C20H14N6S2/c1-2-7-14(8-3-1)26-18(23-24-25-26)13-28-20-15-9-4-5-10-16(15)21-19(22-20)17-11-6-12-27-17/h1-12H,13H2. The van der Waals surface area contributed by atoms with Crippen LogP contribution < -0.4 is 0 Å². The lowest BCUT2D eigenvalue weighted by molar-refractivity contribution is 0.777. The topological polar surface area (TPSA) is 69.4 Å². The summed E-state index contributed by atoms with van der Waals surface area (Å²) in [5.74, 6) is 2.13. The monoisotopic (exact) mass is 402 g/mol. The first kappa shape index (κ1) is 17.0. The van der Waals surface area contributed by atoms with E-state index in [9.17, 15) is 0 Å². The van der Waals surface area contributed by atoms with Crippen LogP contribution in [0.3, 0.4) is 0 Å². The molecule has 3 heterocycles. The number of para-hydroxylation sites is 2. The lowest BCUT2D eigenvalue weighted by Crippen LogP contribution is -2.02. The molecular weight excluding hydrogens is 388 g/mol. The Kier molecular flexibility index (Phi) is 4.56. The van der Waals surface area contributed by atoms with Crippen molar-refractivity contribution in [3.8, 4) is 16.4 Å². The second kappa shape index (κ2) is 7.49. The zero-order valence-electron chi connectivity index (χ0n) is 14.6. The van der Waals surface area contributed by atoms with Crippen LogP contribution in [0.2, 0.25) is 0 Å². The molecule has 0 bridgehead atoms. The van der Waals surface area contributed by atoms with Crippen molar-refractivity contribution in [3.63, 3.8) is 0 Å². The minimum Gasteiger partial charge on any atom is -0.227 e. The van der Waals surface area contributed by atoms with Crippen molar-refractivity contribution >= 4 is 34.0 Å². The normalized spacial score (nSPS) is 11.1. The van der Waals surface area contributed by atoms with Gasteiger partial charge in [-0.2, -0.15) is 4.68 Å². The zero-order chi connectivity index (χ0) is 18.8. The molecule has 2 aromatic carbocycles. The molecule has 5 rings (SSSR count). The second-order valence-electron chi connectivity index (χ2n) is 5.98.